The first-order valence-electron chi connectivity index (χ1n) is 4.85. The maximum absolute atomic E-state index is 11.8. The molecule has 3 nitrogen and oxygen atoms in total. The van der Waals surface area contributed by atoms with Crippen LogP contribution in [0.1, 0.15) is 23.2 Å². The summed E-state index contributed by atoms with van der Waals surface area (Å²) in [4.78, 5) is 11.8. The molecule has 15 heavy (non-hydrogen) atoms. The third-order valence-corrected chi connectivity index (χ3v) is 2.81. The zero-order valence-corrected chi connectivity index (χ0v) is 10.0. The predicted molar refractivity (Wildman–Crippen MR) is 61.2 cm³/mol. The molecule has 0 aliphatic heterocycles. The number of hydrogen-bond donors (Lipinski definition) is 1. The topological polar surface area (TPSA) is 38.3 Å². The molecule has 1 aromatic carbocycles. The van der Waals surface area contributed by atoms with Crippen molar-refractivity contribution < 1.29 is 9.53 Å². The summed E-state index contributed by atoms with van der Waals surface area (Å²) in [5.74, 6) is 0.546. The minimum absolute atomic E-state index is 0.0538. The van der Waals surface area contributed by atoms with Gasteiger partial charge in [-0.2, -0.15) is 0 Å². The standard InChI is InChI=1S/C11H12BrNO2/c1-15-10-6-7(12)2-5-9(10)11(14)13-8-3-4-8/h2,5-6,8H,3-4H2,1H3,(H,13,14). The van der Waals surface area contributed by atoms with Crippen LogP contribution in [0.25, 0.3) is 0 Å². The van der Waals surface area contributed by atoms with Crippen LogP contribution >= 0.6 is 15.9 Å². The number of rotatable bonds is 3. The molecule has 1 aromatic rings. The van der Waals surface area contributed by atoms with Crippen molar-refractivity contribution in [2.24, 2.45) is 0 Å². The Kier molecular flexibility index (Phi) is 2.95. The minimum atomic E-state index is -0.0538. The monoisotopic (exact) mass is 269 g/mol. The summed E-state index contributed by atoms with van der Waals surface area (Å²) in [7, 11) is 1.57. The van der Waals surface area contributed by atoms with Gasteiger partial charge in [0.15, 0.2) is 0 Å². The van der Waals surface area contributed by atoms with E-state index in [-0.39, 0.29) is 5.91 Å². The van der Waals surface area contributed by atoms with Crippen molar-refractivity contribution >= 4 is 21.8 Å². The summed E-state index contributed by atoms with van der Waals surface area (Å²) in [6.07, 6.45) is 2.18. The molecular weight excluding hydrogens is 258 g/mol. The molecule has 1 fully saturated rings. The molecular formula is C11H12BrNO2. The van der Waals surface area contributed by atoms with Gasteiger partial charge in [0.25, 0.3) is 5.91 Å². The molecule has 0 unspecified atom stereocenters. The highest BCUT2D eigenvalue weighted by Gasteiger charge is 2.25. The fraction of sp³-hybridized carbons (Fsp3) is 0.364. The fourth-order valence-electron chi connectivity index (χ4n) is 1.34. The van der Waals surface area contributed by atoms with E-state index in [1.165, 1.54) is 0 Å². The molecule has 0 bridgehead atoms. The van der Waals surface area contributed by atoms with Crippen molar-refractivity contribution in [2.45, 2.75) is 18.9 Å². The van der Waals surface area contributed by atoms with Crippen LogP contribution in [0.5, 0.6) is 5.75 Å². The van der Waals surface area contributed by atoms with Gasteiger partial charge < -0.3 is 10.1 Å². The molecule has 0 aromatic heterocycles. The highest BCUT2D eigenvalue weighted by atomic mass is 79.9. The van der Waals surface area contributed by atoms with E-state index in [4.69, 9.17) is 4.74 Å². The van der Waals surface area contributed by atoms with Gasteiger partial charge in [0.05, 0.1) is 12.7 Å². The fourth-order valence-corrected chi connectivity index (χ4v) is 1.68. The van der Waals surface area contributed by atoms with Gasteiger partial charge >= 0.3 is 0 Å². The van der Waals surface area contributed by atoms with E-state index in [2.05, 4.69) is 21.2 Å². The largest absolute Gasteiger partial charge is 0.496 e. The summed E-state index contributed by atoms with van der Waals surface area (Å²) in [5.41, 5.74) is 0.590. The predicted octanol–water partition coefficient (Wildman–Crippen LogP) is 2.35. The van der Waals surface area contributed by atoms with Gasteiger partial charge in [0.2, 0.25) is 0 Å². The zero-order valence-electron chi connectivity index (χ0n) is 8.42. The van der Waals surface area contributed by atoms with Gasteiger partial charge in [-0.3, -0.25) is 4.79 Å². The summed E-state index contributed by atoms with van der Waals surface area (Å²) in [5, 5.41) is 2.93. The number of benzene rings is 1. The first-order valence-corrected chi connectivity index (χ1v) is 5.64. The Morgan fingerprint density at radius 2 is 2.27 bits per heavy atom. The van der Waals surface area contributed by atoms with Crippen molar-refractivity contribution in [1.82, 2.24) is 5.32 Å². The Hall–Kier alpha value is -1.03. The lowest BCUT2D eigenvalue weighted by Crippen LogP contribution is -2.25. The van der Waals surface area contributed by atoms with E-state index >= 15 is 0 Å². The average Bonchev–Trinajstić information content (AvgIpc) is 3.01. The molecule has 0 atom stereocenters. The van der Waals surface area contributed by atoms with Crippen LogP contribution in [-0.2, 0) is 0 Å². The van der Waals surface area contributed by atoms with E-state index in [1.807, 2.05) is 6.07 Å². The van der Waals surface area contributed by atoms with Crippen molar-refractivity contribution in [3.05, 3.63) is 28.2 Å². The lowest BCUT2D eigenvalue weighted by Gasteiger charge is -2.08. The van der Waals surface area contributed by atoms with Gasteiger partial charge in [0, 0.05) is 10.5 Å². The van der Waals surface area contributed by atoms with Gasteiger partial charge in [-0.25, -0.2) is 0 Å². The van der Waals surface area contributed by atoms with Crippen LogP contribution < -0.4 is 10.1 Å². The molecule has 1 aliphatic carbocycles. The molecule has 0 heterocycles. The number of methoxy groups -OCH3 is 1. The number of halogens is 1. The van der Waals surface area contributed by atoms with Crippen molar-refractivity contribution in [2.75, 3.05) is 7.11 Å². The van der Waals surface area contributed by atoms with Crippen LogP contribution in [0.3, 0.4) is 0 Å². The Labute approximate surface area is 96.9 Å². The molecule has 0 radical (unpaired) electrons. The quantitative estimate of drug-likeness (QED) is 0.915. The van der Waals surface area contributed by atoms with Crippen molar-refractivity contribution in [1.29, 1.82) is 0 Å². The van der Waals surface area contributed by atoms with Crippen LogP contribution in [0.4, 0.5) is 0 Å². The third kappa shape index (κ3) is 2.50. The minimum Gasteiger partial charge on any atom is -0.496 e. The first kappa shape index (κ1) is 10.5. The Morgan fingerprint density at radius 3 is 2.87 bits per heavy atom. The molecule has 80 valence electrons. The van der Waals surface area contributed by atoms with Crippen molar-refractivity contribution in [3.8, 4) is 5.75 Å². The second kappa shape index (κ2) is 4.23. The van der Waals surface area contributed by atoms with E-state index < -0.39 is 0 Å². The van der Waals surface area contributed by atoms with E-state index in [0.717, 1.165) is 17.3 Å². The van der Waals surface area contributed by atoms with Gasteiger partial charge in [-0.05, 0) is 31.0 Å². The summed E-state index contributed by atoms with van der Waals surface area (Å²) in [6, 6.07) is 5.76. The van der Waals surface area contributed by atoms with Crippen LogP contribution in [0.2, 0.25) is 0 Å². The highest BCUT2D eigenvalue weighted by molar-refractivity contribution is 9.10. The molecule has 1 saturated carbocycles. The molecule has 1 amide bonds. The Morgan fingerprint density at radius 1 is 1.53 bits per heavy atom. The maximum atomic E-state index is 11.8. The number of ether oxygens (including phenoxy) is 1. The Bertz CT molecular complexity index is 388. The molecule has 1 aliphatic rings. The van der Waals surface area contributed by atoms with Crippen molar-refractivity contribution in [3.63, 3.8) is 0 Å². The maximum Gasteiger partial charge on any atom is 0.255 e. The van der Waals surface area contributed by atoms with Gasteiger partial charge in [0.1, 0.15) is 5.75 Å². The average molecular weight is 270 g/mol. The SMILES string of the molecule is COc1cc(Br)ccc1C(=O)NC1CC1. The molecule has 1 N–H and O–H groups in total. The second-order valence-corrected chi connectivity index (χ2v) is 4.51. The smallest absolute Gasteiger partial charge is 0.255 e. The van der Waals surface area contributed by atoms with Crippen LogP contribution in [0, 0.1) is 0 Å². The summed E-state index contributed by atoms with van der Waals surface area (Å²) < 4.78 is 6.06. The number of nitrogens with one attached hydrogen (secondary N) is 1. The lowest BCUT2D eigenvalue weighted by atomic mass is 10.2. The highest BCUT2D eigenvalue weighted by Crippen LogP contribution is 2.25. The van der Waals surface area contributed by atoms with E-state index in [0.29, 0.717) is 17.4 Å². The number of carbonyl (C=O) groups excluding carboxylic acids is 1. The molecule has 4 heteroatoms. The Balaban J connectivity index is 2.21. The molecule has 2 rings (SSSR count). The van der Waals surface area contributed by atoms with E-state index in [1.54, 1.807) is 19.2 Å². The van der Waals surface area contributed by atoms with Crippen LogP contribution in [0.15, 0.2) is 22.7 Å². The summed E-state index contributed by atoms with van der Waals surface area (Å²) in [6.45, 7) is 0. The summed E-state index contributed by atoms with van der Waals surface area (Å²) >= 11 is 3.34. The zero-order chi connectivity index (χ0) is 10.8. The lowest BCUT2D eigenvalue weighted by molar-refractivity contribution is 0.0948. The molecule has 0 saturated heterocycles. The molecule has 0 spiro atoms. The van der Waals surface area contributed by atoms with Gasteiger partial charge in [-0.1, -0.05) is 15.9 Å². The number of carbonyl (C=O) groups is 1. The number of amides is 1. The second-order valence-electron chi connectivity index (χ2n) is 3.59. The van der Waals surface area contributed by atoms with E-state index in [9.17, 15) is 4.79 Å². The first-order chi connectivity index (χ1) is 7.20. The third-order valence-electron chi connectivity index (χ3n) is 2.32. The van der Waals surface area contributed by atoms with Gasteiger partial charge in [-0.15, -0.1) is 0 Å². The normalized spacial score (nSPS) is 14.8. The van der Waals surface area contributed by atoms with Crippen LogP contribution in [-0.4, -0.2) is 19.1 Å². The number of hydrogen-bond acceptors (Lipinski definition) is 2.